The van der Waals surface area contributed by atoms with Crippen LogP contribution in [0.1, 0.15) is 18.3 Å². The summed E-state index contributed by atoms with van der Waals surface area (Å²) in [5.74, 6) is 4.04. The molecule has 6 nitrogen and oxygen atoms in total. The topological polar surface area (TPSA) is 58.4 Å². The van der Waals surface area contributed by atoms with Gasteiger partial charge in [-0.2, -0.15) is 0 Å². The Morgan fingerprint density at radius 1 is 0.926 bits per heavy atom. The van der Waals surface area contributed by atoms with Gasteiger partial charge in [0.25, 0.3) is 0 Å². The minimum absolute atomic E-state index is 0.368. The molecule has 0 spiro atoms. The molecule has 0 bridgehead atoms. The van der Waals surface area contributed by atoms with E-state index in [9.17, 15) is 0 Å². The van der Waals surface area contributed by atoms with E-state index in [4.69, 9.17) is 14.2 Å². The van der Waals surface area contributed by atoms with Gasteiger partial charge in [0.1, 0.15) is 23.9 Å². The predicted octanol–water partition coefficient (Wildman–Crippen LogP) is 4.19. The van der Waals surface area contributed by atoms with Gasteiger partial charge in [-0.25, -0.2) is 0 Å². The van der Waals surface area contributed by atoms with Crippen LogP contribution in [0.4, 0.5) is 0 Å². The van der Waals surface area contributed by atoms with Crippen molar-refractivity contribution in [3.05, 3.63) is 59.9 Å². The van der Waals surface area contributed by atoms with Crippen LogP contribution in [0.3, 0.4) is 0 Å². The first-order valence-corrected chi connectivity index (χ1v) is 9.66. The van der Waals surface area contributed by atoms with Crippen LogP contribution in [-0.2, 0) is 18.9 Å². The number of thioether (sulfide) groups is 1. The maximum absolute atomic E-state index is 5.84. The van der Waals surface area contributed by atoms with E-state index < -0.39 is 0 Å². The zero-order valence-corrected chi connectivity index (χ0v) is 16.5. The Morgan fingerprint density at radius 3 is 2.37 bits per heavy atom. The first-order valence-electron chi connectivity index (χ1n) is 8.68. The van der Waals surface area contributed by atoms with Crippen LogP contribution in [0.5, 0.6) is 17.2 Å². The van der Waals surface area contributed by atoms with Crippen LogP contribution in [0.15, 0.2) is 53.7 Å². The molecule has 0 N–H and O–H groups in total. The number of ether oxygens (including phenoxy) is 3. The van der Waals surface area contributed by atoms with Crippen LogP contribution < -0.4 is 14.2 Å². The highest BCUT2D eigenvalue weighted by Crippen LogP contribution is 2.25. The fourth-order valence-corrected chi connectivity index (χ4v) is 3.54. The van der Waals surface area contributed by atoms with E-state index in [1.165, 1.54) is 5.56 Å². The smallest absolute Gasteiger partial charge is 0.191 e. The Morgan fingerprint density at radius 2 is 1.67 bits per heavy atom. The van der Waals surface area contributed by atoms with Gasteiger partial charge in [0.2, 0.25) is 0 Å². The van der Waals surface area contributed by atoms with E-state index in [1.54, 1.807) is 26.0 Å². The zero-order valence-electron chi connectivity index (χ0n) is 15.7. The molecule has 2 aromatic carbocycles. The monoisotopic (exact) mass is 385 g/mol. The van der Waals surface area contributed by atoms with Crippen molar-refractivity contribution < 1.29 is 14.2 Å². The summed E-state index contributed by atoms with van der Waals surface area (Å²) in [5.41, 5.74) is 1.18. The lowest BCUT2D eigenvalue weighted by Crippen LogP contribution is -2.07. The van der Waals surface area contributed by atoms with E-state index in [0.29, 0.717) is 6.61 Å². The van der Waals surface area contributed by atoms with Crippen LogP contribution in [0.2, 0.25) is 0 Å². The highest BCUT2D eigenvalue weighted by atomic mass is 32.2. The van der Waals surface area contributed by atoms with Gasteiger partial charge in [0.15, 0.2) is 11.0 Å². The number of hydrogen-bond acceptors (Lipinski definition) is 6. The Labute approximate surface area is 163 Å². The van der Waals surface area contributed by atoms with Crippen molar-refractivity contribution in [2.24, 2.45) is 0 Å². The fraction of sp³-hybridized carbons (Fsp3) is 0.300. The maximum Gasteiger partial charge on any atom is 0.191 e. The summed E-state index contributed by atoms with van der Waals surface area (Å²) >= 11 is 1.65. The minimum Gasteiger partial charge on any atom is -0.497 e. The molecule has 0 saturated heterocycles. The van der Waals surface area contributed by atoms with Crippen LogP contribution in [-0.4, -0.2) is 29.0 Å². The van der Waals surface area contributed by atoms with Crippen molar-refractivity contribution in [2.75, 3.05) is 14.2 Å². The van der Waals surface area contributed by atoms with E-state index in [0.717, 1.165) is 40.5 Å². The lowest BCUT2D eigenvalue weighted by atomic mass is 10.2. The number of hydrogen-bond donors (Lipinski definition) is 0. The molecule has 1 heterocycles. The van der Waals surface area contributed by atoms with Gasteiger partial charge in [-0.1, -0.05) is 23.9 Å². The minimum atomic E-state index is 0.368. The Bertz CT molecular complexity index is 865. The molecule has 0 aliphatic heterocycles. The largest absolute Gasteiger partial charge is 0.497 e. The number of methoxy groups -OCH3 is 2. The molecule has 142 valence electrons. The van der Waals surface area contributed by atoms with Gasteiger partial charge in [-0.05, 0) is 48.9 Å². The van der Waals surface area contributed by atoms with Gasteiger partial charge in [0.05, 0.1) is 14.2 Å². The number of nitrogens with zero attached hydrogens (tertiary/aromatic N) is 3. The number of benzene rings is 2. The predicted molar refractivity (Wildman–Crippen MR) is 106 cm³/mol. The summed E-state index contributed by atoms with van der Waals surface area (Å²) in [5, 5.41) is 9.51. The Balaban J connectivity index is 1.63. The fourth-order valence-electron chi connectivity index (χ4n) is 2.58. The standard InChI is InChI=1S/C20H23N3O3S/c1-4-23-19(13-26-17-10-8-16(24-2)9-11-17)21-22-20(23)27-14-15-6-5-7-18(12-15)25-3/h5-12H,4,13-14H2,1-3H3. The van der Waals surface area contributed by atoms with Crippen LogP contribution >= 0.6 is 11.8 Å². The zero-order chi connectivity index (χ0) is 19.1. The summed E-state index contributed by atoms with van der Waals surface area (Å²) < 4.78 is 18.3. The lowest BCUT2D eigenvalue weighted by molar-refractivity contribution is 0.287. The van der Waals surface area contributed by atoms with Crippen molar-refractivity contribution >= 4 is 11.8 Å². The van der Waals surface area contributed by atoms with Crippen molar-refractivity contribution in [3.63, 3.8) is 0 Å². The molecule has 27 heavy (non-hydrogen) atoms. The van der Waals surface area contributed by atoms with E-state index in [-0.39, 0.29) is 0 Å². The highest BCUT2D eigenvalue weighted by molar-refractivity contribution is 7.98. The molecule has 0 amide bonds. The number of rotatable bonds is 9. The molecule has 0 unspecified atom stereocenters. The average molecular weight is 385 g/mol. The number of aromatic nitrogens is 3. The van der Waals surface area contributed by atoms with E-state index in [1.807, 2.05) is 42.5 Å². The van der Waals surface area contributed by atoms with E-state index >= 15 is 0 Å². The third-order valence-corrected chi connectivity index (χ3v) is 5.08. The van der Waals surface area contributed by atoms with Crippen LogP contribution in [0, 0.1) is 0 Å². The Kier molecular flexibility index (Phi) is 6.59. The second-order valence-corrected chi connectivity index (χ2v) is 6.69. The van der Waals surface area contributed by atoms with Crippen molar-refractivity contribution in [1.29, 1.82) is 0 Å². The molecule has 0 aliphatic rings. The molecule has 3 aromatic rings. The van der Waals surface area contributed by atoms with Crippen molar-refractivity contribution in [3.8, 4) is 17.2 Å². The molecule has 1 aromatic heterocycles. The molecule has 0 atom stereocenters. The van der Waals surface area contributed by atoms with Gasteiger partial charge in [-0.3, -0.25) is 0 Å². The summed E-state index contributed by atoms with van der Waals surface area (Å²) in [6, 6.07) is 15.5. The normalized spacial score (nSPS) is 10.6. The first kappa shape index (κ1) is 19.1. The molecular formula is C20H23N3O3S. The lowest BCUT2D eigenvalue weighted by Gasteiger charge is -2.09. The second kappa shape index (κ2) is 9.32. The molecule has 0 radical (unpaired) electrons. The van der Waals surface area contributed by atoms with Crippen molar-refractivity contribution in [1.82, 2.24) is 14.8 Å². The highest BCUT2D eigenvalue weighted by Gasteiger charge is 2.12. The van der Waals surface area contributed by atoms with Gasteiger partial charge < -0.3 is 18.8 Å². The summed E-state index contributed by atoms with van der Waals surface area (Å²) in [6.07, 6.45) is 0. The molecule has 7 heteroatoms. The first-order chi connectivity index (χ1) is 13.2. The van der Waals surface area contributed by atoms with Gasteiger partial charge >= 0.3 is 0 Å². The van der Waals surface area contributed by atoms with Crippen LogP contribution in [0.25, 0.3) is 0 Å². The maximum atomic E-state index is 5.84. The summed E-state index contributed by atoms with van der Waals surface area (Å²) in [6.45, 7) is 3.23. The van der Waals surface area contributed by atoms with E-state index in [2.05, 4.69) is 27.8 Å². The molecule has 0 aliphatic carbocycles. The molecule has 0 fully saturated rings. The van der Waals surface area contributed by atoms with Gasteiger partial charge in [-0.15, -0.1) is 10.2 Å². The molecule has 0 saturated carbocycles. The average Bonchev–Trinajstić information content (AvgIpc) is 3.13. The SMILES string of the molecule is CCn1c(COc2ccc(OC)cc2)nnc1SCc1cccc(OC)c1. The third kappa shape index (κ3) is 4.95. The Hall–Kier alpha value is -2.67. The quantitative estimate of drug-likeness (QED) is 0.515. The molecular weight excluding hydrogens is 362 g/mol. The molecule has 3 rings (SSSR count). The van der Waals surface area contributed by atoms with Crippen molar-refractivity contribution in [2.45, 2.75) is 31.0 Å². The third-order valence-electron chi connectivity index (χ3n) is 4.04. The second-order valence-electron chi connectivity index (χ2n) is 5.75. The summed E-state index contributed by atoms with van der Waals surface area (Å²) in [7, 11) is 3.32. The summed E-state index contributed by atoms with van der Waals surface area (Å²) in [4.78, 5) is 0. The van der Waals surface area contributed by atoms with Gasteiger partial charge in [0, 0.05) is 12.3 Å².